The summed E-state index contributed by atoms with van der Waals surface area (Å²) in [4.78, 5) is 11.3. The molecule has 0 spiro atoms. The fourth-order valence-electron chi connectivity index (χ4n) is 1.14. The first-order chi connectivity index (χ1) is 7.77. The second-order valence-electron chi connectivity index (χ2n) is 3.12. The van der Waals surface area contributed by atoms with Crippen molar-refractivity contribution in [1.29, 1.82) is 0 Å². The number of carbonyl (C=O) groups excluding carboxylic acids is 1. The van der Waals surface area contributed by atoms with Gasteiger partial charge in [-0.3, -0.25) is 0 Å². The lowest BCUT2D eigenvalue weighted by molar-refractivity contribution is 0.0526. The number of benzene rings is 1. The number of allylic oxidation sites excluding steroid dienone is 1. The molecule has 0 saturated carbocycles. The Labute approximate surface area is 95.7 Å². The van der Waals surface area contributed by atoms with Gasteiger partial charge in [0.2, 0.25) is 0 Å². The largest absolute Gasteiger partial charge is 0.490 e. The molecule has 0 atom stereocenters. The molecular weight excluding hydrogens is 204 g/mol. The molecule has 3 nitrogen and oxygen atoms in total. The summed E-state index contributed by atoms with van der Waals surface area (Å²) in [5.74, 6) is 0.439. The predicted molar refractivity (Wildman–Crippen MR) is 62.7 cm³/mol. The van der Waals surface area contributed by atoms with Crippen molar-refractivity contribution in [2.75, 3.05) is 13.2 Å². The normalized spacial score (nSPS) is 10.4. The van der Waals surface area contributed by atoms with E-state index in [4.69, 9.17) is 9.47 Å². The van der Waals surface area contributed by atoms with E-state index in [9.17, 15) is 4.79 Å². The maximum atomic E-state index is 11.3. The predicted octanol–water partition coefficient (Wildman–Crippen LogP) is 2.82. The maximum Gasteiger partial charge on any atom is 0.338 e. The summed E-state index contributed by atoms with van der Waals surface area (Å²) in [5, 5.41) is 0. The van der Waals surface area contributed by atoms with E-state index in [1.165, 1.54) is 0 Å². The first-order valence-electron chi connectivity index (χ1n) is 5.29. The Kier molecular flexibility index (Phi) is 5.12. The quantitative estimate of drug-likeness (QED) is 0.565. The average molecular weight is 220 g/mol. The molecular formula is C13H16O3. The highest BCUT2D eigenvalue weighted by molar-refractivity contribution is 5.89. The number of rotatable bonds is 5. The average Bonchev–Trinajstić information content (AvgIpc) is 2.30. The van der Waals surface area contributed by atoms with Gasteiger partial charge >= 0.3 is 5.97 Å². The van der Waals surface area contributed by atoms with Gasteiger partial charge in [0.25, 0.3) is 0 Å². The van der Waals surface area contributed by atoms with Crippen molar-refractivity contribution in [2.45, 2.75) is 13.8 Å². The minimum Gasteiger partial charge on any atom is -0.490 e. The van der Waals surface area contributed by atoms with Gasteiger partial charge in [0.15, 0.2) is 0 Å². The topological polar surface area (TPSA) is 35.5 Å². The Hall–Kier alpha value is -1.77. The number of hydrogen-bond acceptors (Lipinski definition) is 3. The number of hydrogen-bond donors (Lipinski definition) is 0. The third-order valence-electron chi connectivity index (χ3n) is 1.95. The van der Waals surface area contributed by atoms with Crippen LogP contribution in [0.2, 0.25) is 0 Å². The molecule has 0 aromatic heterocycles. The smallest absolute Gasteiger partial charge is 0.338 e. The van der Waals surface area contributed by atoms with Gasteiger partial charge in [0.1, 0.15) is 12.4 Å². The second kappa shape index (κ2) is 6.67. The van der Waals surface area contributed by atoms with Gasteiger partial charge in [0, 0.05) is 0 Å². The van der Waals surface area contributed by atoms with Gasteiger partial charge in [-0.05, 0) is 38.1 Å². The molecule has 86 valence electrons. The summed E-state index contributed by atoms with van der Waals surface area (Å²) in [6.07, 6.45) is 3.84. The van der Waals surface area contributed by atoms with Crippen LogP contribution >= 0.6 is 0 Å². The number of carbonyl (C=O) groups is 1. The van der Waals surface area contributed by atoms with Gasteiger partial charge in [0.05, 0.1) is 12.2 Å². The highest BCUT2D eigenvalue weighted by Gasteiger charge is 2.05. The Bertz CT molecular complexity index is 352. The van der Waals surface area contributed by atoms with Crippen LogP contribution in [0.25, 0.3) is 0 Å². The maximum absolute atomic E-state index is 11.3. The van der Waals surface area contributed by atoms with Crippen LogP contribution in [0.3, 0.4) is 0 Å². The van der Waals surface area contributed by atoms with Crippen molar-refractivity contribution in [3.05, 3.63) is 42.0 Å². The van der Waals surface area contributed by atoms with Crippen LogP contribution in [0.1, 0.15) is 24.2 Å². The van der Waals surface area contributed by atoms with E-state index in [1.807, 2.05) is 19.1 Å². The summed E-state index contributed by atoms with van der Waals surface area (Å²) in [6, 6.07) is 6.91. The zero-order valence-electron chi connectivity index (χ0n) is 9.60. The Morgan fingerprint density at radius 3 is 2.56 bits per heavy atom. The van der Waals surface area contributed by atoms with Crippen molar-refractivity contribution in [1.82, 2.24) is 0 Å². The van der Waals surface area contributed by atoms with Gasteiger partial charge in [-0.1, -0.05) is 12.2 Å². The highest BCUT2D eigenvalue weighted by atomic mass is 16.5. The Morgan fingerprint density at radius 2 is 2.00 bits per heavy atom. The molecule has 1 aromatic carbocycles. The number of ether oxygens (including phenoxy) is 2. The van der Waals surface area contributed by atoms with E-state index in [2.05, 4.69) is 0 Å². The first-order valence-corrected chi connectivity index (χ1v) is 5.29. The van der Waals surface area contributed by atoms with Crippen molar-refractivity contribution < 1.29 is 14.3 Å². The molecule has 16 heavy (non-hydrogen) atoms. The van der Waals surface area contributed by atoms with Gasteiger partial charge < -0.3 is 9.47 Å². The summed E-state index contributed by atoms with van der Waals surface area (Å²) in [7, 11) is 0. The van der Waals surface area contributed by atoms with E-state index < -0.39 is 0 Å². The van der Waals surface area contributed by atoms with Gasteiger partial charge in [-0.2, -0.15) is 0 Å². The van der Waals surface area contributed by atoms with E-state index >= 15 is 0 Å². The third kappa shape index (κ3) is 3.77. The van der Waals surface area contributed by atoms with Crippen LogP contribution in [-0.4, -0.2) is 19.2 Å². The summed E-state index contributed by atoms with van der Waals surface area (Å²) in [6.45, 7) is 4.65. The lowest BCUT2D eigenvalue weighted by atomic mass is 10.2. The molecule has 0 fully saturated rings. The zero-order valence-corrected chi connectivity index (χ0v) is 9.60. The van der Waals surface area contributed by atoms with E-state index in [0.29, 0.717) is 18.8 Å². The second-order valence-corrected chi connectivity index (χ2v) is 3.12. The SMILES string of the molecule is C/C=C/COc1ccc(C(=O)OCC)cc1. The lowest BCUT2D eigenvalue weighted by Crippen LogP contribution is -2.04. The highest BCUT2D eigenvalue weighted by Crippen LogP contribution is 2.12. The fourth-order valence-corrected chi connectivity index (χ4v) is 1.14. The van der Waals surface area contributed by atoms with Crippen LogP contribution in [-0.2, 0) is 4.74 Å². The molecule has 0 aliphatic rings. The molecule has 1 rings (SSSR count). The fraction of sp³-hybridized carbons (Fsp3) is 0.308. The standard InChI is InChI=1S/C13H16O3/c1-3-5-10-16-12-8-6-11(7-9-12)13(14)15-4-2/h3,5-9H,4,10H2,1-2H3/b5-3+. The van der Waals surface area contributed by atoms with Gasteiger partial charge in [-0.25, -0.2) is 4.79 Å². The minimum atomic E-state index is -0.303. The lowest BCUT2D eigenvalue weighted by Gasteiger charge is -2.04. The molecule has 0 unspecified atom stereocenters. The van der Waals surface area contributed by atoms with E-state index in [0.717, 1.165) is 5.75 Å². The van der Waals surface area contributed by atoms with Crippen LogP contribution in [0, 0.1) is 0 Å². The summed E-state index contributed by atoms with van der Waals surface area (Å²) >= 11 is 0. The molecule has 3 heteroatoms. The molecule has 0 saturated heterocycles. The molecule has 0 N–H and O–H groups in total. The van der Waals surface area contributed by atoms with Crippen molar-refractivity contribution in [3.8, 4) is 5.75 Å². The minimum absolute atomic E-state index is 0.303. The number of esters is 1. The third-order valence-corrected chi connectivity index (χ3v) is 1.95. The van der Waals surface area contributed by atoms with Crippen molar-refractivity contribution in [3.63, 3.8) is 0 Å². The van der Waals surface area contributed by atoms with Crippen molar-refractivity contribution in [2.24, 2.45) is 0 Å². The molecule has 0 amide bonds. The first kappa shape index (κ1) is 12.3. The van der Waals surface area contributed by atoms with Crippen LogP contribution in [0.5, 0.6) is 5.75 Å². The zero-order chi connectivity index (χ0) is 11.8. The van der Waals surface area contributed by atoms with E-state index in [1.54, 1.807) is 31.2 Å². The molecule has 1 aromatic rings. The van der Waals surface area contributed by atoms with Crippen LogP contribution in [0.4, 0.5) is 0 Å². The Balaban J connectivity index is 2.57. The molecule has 0 heterocycles. The summed E-state index contributed by atoms with van der Waals surface area (Å²) < 4.78 is 10.3. The molecule has 0 bridgehead atoms. The summed E-state index contributed by atoms with van der Waals surface area (Å²) in [5.41, 5.74) is 0.542. The van der Waals surface area contributed by atoms with E-state index in [-0.39, 0.29) is 5.97 Å². The molecule has 0 aliphatic carbocycles. The van der Waals surface area contributed by atoms with Crippen molar-refractivity contribution >= 4 is 5.97 Å². The van der Waals surface area contributed by atoms with Crippen LogP contribution < -0.4 is 4.74 Å². The monoisotopic (exact) mass is 220 g/mol. The molecule has 0 aliphatic heterocycles. The van der Waals surface area contributed by atoms with Crippen LogP contribution in [0.15, 0.2) is 36.4 Å². The van der Waals surface area contributed by atoms with Gasteiger partial charge in [-0.15, -0.1) is 0 Å². The Morgan fingerprint density at radius 1 is 1.31 bits per heavy atom. The molecule has 0 radical (unpaired) electrons.